The van der Waals surface area contributed by atoms with Crippen LogP contribution in [-0.2, 0) is 24.5 Å². The zero-order chi connectivity index (χ0) is 28.2. The molecule has 0 N–H and O–H groups in total. The highest BCUT2D eigenvalue weighted by Crippen LogP contribution is 2.44. The standard InChI is InChI=1S/C28H32N6O4S2/c1-18-5-9-21(10-6-18)40(36,37)34-24(20-7-8-20)15-23-22(11-12-29-28(23)34)27-30-25(32-39(3,4)35)16-26(31-27)33-13-14-38-17-19(33)2/h5-6,9-12,15-16,19-20H,7-8,13-14,17H2,1-4H3/t19-/m1/s1. The van der Waals surface area contributed by atoms with Gasteiger partial charge in [-0.25, -0.2) is 31.6 Å². The molecule has 0 unspecified atom stereocenters. The highest BCUT2D eigenvalue weighted by atomic mass is 32.2. The van der Waals surface area contributed by atoms with Crippen LogP contribution in [0, 0.1) is 6.92 Å². The summed E-state index contributed by atoms with van der Waals surface area (Å²) in [5, 5.41) is 0.645. The van der Waals surface area contributed by atoms with Gasteiger partial charge >= 0.3 is 0 Å². The Bertz CT molecular complexity index is 1830. The number of hydrogen-bond acceptors (Lipinski definition) is 9. The van der Waals surface area contributed by atoms with Crippen molar-refractivity contribution in [1.29, 1.82) is 0 Å². The van der Waals surface area contributed by atoms with Gasteiger partial charge in [-0.2, -0.15) is 4.36 Å². The third-order valence-corrected chi connectivity index (χ3v) is 9.52. The molecule has 2 fully saturated rings. The fraction of sp³-hybridized carbons (Fsp3) is 0.393. The van der Waals surface area contributed by atoms with Gasteiger partial charge in [-0.3, -0.25) is 0 Å². The van der Waals surface area contributed by atoms with Crippen LogP contribution >= 0.6 is 0 Å². The second kappa shape index (κ2) is 9.93. The Morgan fingerprint density at radius 2 is 1.77 bits per heavy atom. The van der Waals surface area contributed by atoms with E-state index in [1.165, 1.54) is 3.97 Å². The van der Waals surface area contributed by atoms with Gasteiger partial charge in [0.15, 0.2) is 17.3 Å². The Morgan fingerprint density at radius 3 is 2.45 bits per heavy atom. The number of morpholine rings is 1. The van der Waals surface area contributed by atoms with Gasteiger partial charge < -0.3 is 9.64 Å². The number of rotatable bonds is 6. The zero-order valence-electron chi connectivity index (χ0n) is 22.9. The fourth-order valence-corrected chi connectivity index (χ4v) is 7.14. The Hall–Kier alpha value is -3.35. The third-order valence-electron chi connectivity index (χ3n) is 7.16. The normalized spacial score (nSPS) is 18.3. The molecule has 2 aliphatic rings. The molecule has 40 heavy (non-hydrogen) atoms. The molecule has 10 nitrogen and oxygen atoms in total. The van der Waals surface area contributed by atoms with E-state index in [-0.39, 0.29) is 16.9 Å². The number of anilines is 1. The summed E-state index contributed by atoms with van der Waals surface area (Å²) < 4.78 is 51.9. The van der Waals surface area contributed by atoms with Crippen LogP contribution in [-0.4, -0.2) is 69.9 Å². The molecule has 1 saturated heterocycles. The van der Waals surface area contributed by atoms with Crippen LogP contribution in [0.15, 0.2) is 57.9 Å². The van der Waals surface area contributed by atoms with Gasteiger partial charge in [-0.1, -0.05) is 17.7 Å². The van der Waals surface area contributed by atoms with E-state index in [4.69, 9.17) is 9.72 Å². The van der Waals surface area contributed by atoms with Crippen LogP contribution in [0.1, 0.15) is 36.9 Å². The number of aromatic nitrogens is 4. The van der Waals surface area contributed by atoms with Crippen LogP contribution in [0.25, 0.3) is 22.4 Å². The molecule has 0 bridgehead atoms. The molecule has 1 aliphatic heterocycles. The quantitative estimate of drug-likeness (QED) is 0.327. The SMILES string of the molecule is Cc1ccc(S(=O)(=O)n2c(C3CC3)cc3c(-c4nc(N=S(C)(C)=O)cc(N5CCOC[C@H]5C)n4)ccnc32)cc1. The predicted molar refractivity (Wildman–Crippen MR) is 156 cm³/mol. The first kappa shape index (κ1) is 26.9. The molecule has 0 spiro atoms. The Labute approximate surface area is 234 Å². The molecule has 4 aromatic rings. The predicted octanol–water partition coefficient (Wildman–Crippen LogP) is 4.50. The number of benzene rings is 1. The highest BCUT2D eigenvalue weighted by Gasteiger charge is 2.34. The van der Waals surface area contributed by atoms with Gasteiger partial charge in [0.1, 0.15) is 5.82 Å². The summed E-state index contributed by atoms with van der Waals surface area (Å²) in [6.07, 6.45) is 6.55. The van der Waals surface area contributed by atoms with E-state index in [0.717, 1.165) is 18.4 Å². The first-order valence-corrected chi connectivity index (χ1v) is 17.0. The Kier molecular flexibility index (Phi) is 6.67. The molecule has 3 aromatic heterocycles. The first-order valence-electron chi connectivity index (χ1n) is 13.2. The lowest BCUT2D eigenvalue weighted by molar-refractivity contribution is 0.0985. The number of hydrogen-bond donors (Lipinski definition) is 0. The topological polar surface area (TPSA) is 120 Å². The largest absolute Gasteiger partial charge is 0.377 e. The molecular weight excluding hydrogens is 548 g/mol. The van der Waals surface area contributed by atoms with E-state index >= 15 is 0 Å². The van der Waals surface area contributed by atoms with E-state index in [2.05, 4.69) is 26.2 Å². The van der Waals surface area contributed by atoms with E-state index in [0.29, 0.717) is 59.5 Å². The van der Waals surface area contributed by atoms with Gasteiger partial charge in [-0.05, 0) is 51.0 Å². The number of ether oxygens (including phenoxy) is 1. The molecule has 1 saturated carbocycles. The number of fused-ring (bicyclic) bond motifs is 1. The van der Waals surface area contributed by atoms with Gasteiger partial charge in [0.2, 0.25) is 0 Å². The van der Waals surface area contributed by atoms with Gasteiger partial charge in [0, 0.05) is 63.6 Å². The second-order valence-corrected chi connectivity index (χ2v) is 15.2. The molecule has 0 radical (unpaired) electrons. The maximum atomic E-state index is 14.0. The monoisotopic (exact) mass is 580 g/mol. The lowest BCUT2D eigenvalue weighted by Crippen LogP contribution is -2.44. The third kappa shape index (κ3) is 5.11. The summed E-state index contributed by atoms with van der Waals surface area (Å²) in [4.78, 5) is 16.5. The minimum absolute atomic E-state index is 0.0802. The second-order valence-electron chi connectivity index (χ2n) is 10.8. The summed E-state index contributed by atoms with van der Waals surface area (Å²) in [5.41, 5.74) is 2.67. The molecule has 12 heteroatoms. The van der Waals surface area contributed by atoms with Gasteiger partial charge in [0.05, 0.1) is 24.2 Å². The van der Waals surface area contributed by atoms with Crippen molar-refractivity contribution in [2.75, 3.05) is 37.2 Å². The zero-order valence-corrected chi connectivity index (χ0v) is 24.6. The van der Waals surface area contributed by atoms with Crippen LogP contribution in [0.2, 0.25) is 0 Å². The van der Waals surface area contributed by atoms with Gasteiger partial charge in [-0.15, -0.1) is 0 Å². The summed E-state index contributed by atoms with van der Waals surface area (Å²) in [6.45, 7) is 5.76. The first-order chi connectivity index (χ1) is 19.0. The van der Waals surface area contributed by atoms with Crippen molar-refractivity contribution in [3.8, 4) is 11.4 Å². The molecule has 4 heterocycles. The summed E-state index contributed by atoms with van der Waals surface area (Å²) >= 11 is 0. The van der Waals surface area contributed by atoms with Crippen molar-refractivity contribution >= 4 is 42.4 Å². The maximum Gasteiger partial charge on any atom is 0.269 e. The Morgan fingerprint density at radius 1 is 1.02 bits per heavy atom. The smallest absolute Gasteiger partial charge is 0.269 e. The van der Waals surface area contributed by atoms with Crippen LogP contribution < -0.4 is 4.90 Å². The summed E-state index contributed by atoms with van der Waals surface area (Å²) in [6, 6.07) is 12.4. The lowest BCUT2D eigenvalue weighted by Gasteiger charge is -2.34. The van der Waals surface area contributed by atoms with Gasteiger partial charge in [0.25, 0.3) is 10.0 Å². The number of aryl methyl sites for hydroxylation is 1. The lowest BCUT2D eigenvalue weighted by atomic mass is 10.1. The maximum absolute atomic E-state index is 14.0. The minimum Gasteiger partial charge on any atom is -0.377 e. The van der Waals surface area contributed by atoms with Crippen LogP contribution in [0.5, 0.6) is 0 Å². The molecule has 1 aliphatic carbocycles. The van der Waals surface area contributed by atoms with Crippen LogP contribution in [0.3, 0.4) is 0 Å². The van der Waals surface area contributed by atoms with Crippen molar-refractivity contribution in [1.82, 2.24) is 18.9 Å². The van der Waals surface area contributed by atoms with Crippen LogP contribution in [0.4, 0.5) is 11.6 Å². The van der Waals surface area contributed by atoms with Crippen molar-refractivity contribution in [2.24, 2.45) is 4.36 Å². The van der Waals surface area contributed by atoms with Crippen molar-refractivity contribution in [3.63, 3.8) is 0 Å². The number of nitrogens with zero attached hydrogens (tertiary/aromatic N) is 6. The molecule has 6 rings (SSSR count). The van der Waals surface area contributed by atoms with Crippen molar-refractivity contribution in [3.05, 3.63) is 59.9 Å². The summed E-state index contributed by atoms with van der Waals surface area (Å²) in [7, 11) is -6.40. The Balaban J connectivity index is 1.57. The van der Waals surface area contributed by atoms with Crippen molar-refractivity contribution in [2.45, 2.75) is 43.5 Å². The average Bonchev–Trinajstić information content (AvgIpc) is 3.67. The van der Waals surface area contributed by atoms with E-state index in [1.54, 1.807) is 55.1 Å². The van der Waals surface area contributed by atoms with E-state index in [1.807, 2.05) is 13.0 Å². The molecule has 0 amide bonds. The molecular formula is C28H32N6O4S2. The van der Waals surface area contributed by atoms with Crippen molar-refractivity contribution < 1.29 is 17.4 Å². The fourth-order valence-electron chi connectivity index (χ4n) is 5.05. The van der Waals surface area contributed by atoms with E-state index in [9.17, 15) is 12.6 Å². The minimum atomic E-state index is -3.90. The van der Waals surface area contributed by atoms with E-state index < -0.39 is 19.8 Å². The molecule has 210 valence electrons. The highest BCUT2D eigenvalue weighted by molar-refractivity contribution is 7.92. The summed E-state index contributed by atoms with van der Waals surface area (Å²) in [5.74, 6) is 1.48. The number of pyridine rings is 1. The average molecular weight is 581 g/mol. The molecule has 1 aromatic carbocycles. The molecule has 1 atom stereocenters.